The molecule has 2 heterocycles. The number of nitrogens with zero attached hydrogens (tertiary/aromatic N) is 2. The topological polar surface area (TPSA) is 70.5 Å². The number of Topliss-reactive ketones (excluding diaryl/α,β-unsaturated/α-hetero) is 1. The summed E-state index contributed by atoms with van der Waals surface area (Å²) in [6, 6.07) is 15.6. The molecule has 0 bridgehead atoms. The number of ketones is 1. The van der Waals surface area contributed by atoms with Gasteiger partial charge in [-0.3, -0.25) is 14.5 Å². The molecule has 0 radical (unpaired) electrons. The van der Waals surface area contributed by atoms with Crippen molar-refractivity contribution in [2.24, 2.45) is 0 Å². The third-order valence-corrected chi connectivity index (χ3v) is 7.04. The Balaban J connectivity index is 1.71. The number of thiazole rings is 1. The number of amides is 1. The summed E-state index contributed by atoms with van der Waals surface area (Å²) in [5.41, 5.74) is 2.24. The highest BCUT2D eigenvalue weighted by atomic mass is 32.1. The quantitative estimate of drug-likeness (QED) is 0.206. The minimum Gasteiger partial charge on any atom is -0.507 e. The van der Waals surface area contributed by atoms with Crippen molar-refractivity contribution in [1.29, 1.82) is 0 Å². The number of rotatable bonds is 4. The van der Waals surface area contributed by atoms with Gasteiger partial charge in [-0.25, -0.2) is 13.8 Å². The average molecular weight is 491 g/mol. The van der Waals surface area contributed by atoms with Gasteiger partial charge in [-0.1, -0.05) is 49.4 Å². The molecule has 5 nitrogen and oxygen atoms in total. The molecule has 35 heavy (non-hydrogen) atoms. The molecule has 1 atom stereocenters. The molecule has 4 aromatic rings. The molecule has 1 aliphatic rings. The van der Waals surface area contributed by atoms with Crippen LogP contribution in [0.5, 0.6) is 0 Å². The van der Waals surface area contributed by atoms with Gasteiger partial charge in [-0.05, 0) is 59.5 Å². The van der Waals surface area contributed by atoms with Crippen LogP contribution in [0.3, 0.4) is 0 Å². The minimum absolute atomic E-state index is 0.121. The fraction of sp³-hybridized carbons (Fsp3) is 0.148. The van der Waals surface area contributed by atoms with Crippen LogP contribution in [0.15, 0.2) is 72.3 Å². The SMILES string of the molecule is CC(C)c1ccc([C@@H]2C(=C(O)c3ccc(F)cc3)C(=O)C(=O)N2c2nc3ccc(F)cc3s2)cc1. The third kappa shape index (κ3) is 4.00. The van der Waals surface area contributed by atoms with Gasteiger partial charge >= 0.3 is 5.91 Å². The van der Waals surface area contributed by atoms with Crippen LogP contribution in [0.2, 0.25) is 0 Å². The summed E-state index contributed by atoms with van der Waals surface area (Å²) in [6.07, 6.45) is 0. The number of aliphatic hydroxyl groups is 1. The second-order valence-electron chi connectivity index (χ2n) is 8.61. The van der Waals surface area contributed by atoms with Crippen LogP contribution in [-0.4, -0.2) is 21.8 Å². The van der Waals surface area contributed by atoms with Crippen LogP contribution in [0.1, 0.15) is 42.5 Å². The van der Waals surface area contributed by atoms with E-state index in [0.717, 1.165) is 16.9 Å². The van der Waals surface area contributed by atoms with Crippen LogP contribution in [-0.2, 0) is 9.59 Å². The first kappa shape index (κ1) is 22.9. The first-order valence-corrected chi connectivity index (χ1v) is 11.8. The van der Waals surface area contributed by atoms with Crippen molar-refractivity contribution in [1.82, 2.24) is 4.98 Å². The number of aromatic nitrogens is 1. The second-order valence-corrected chi connectivity index (χ2v) is 9.61. The number of fused-ring (bicyclic) bond motifs is 1. The first-order valence-electron chi connectivity index (χ1n) is 11.0. The Morgan fingerprint density at radius 3 is 2.29 bits per heavy atom. The minimum atomic E-state index is -0.966. The molecule has 3 aromatic carbocycles. The maximum absolute atomic E-state index is 13.8. The van der Waals surface area contributed by atoms with Crippen LogP contribution >= 0.6 is 11.3 Å². The van der Waals surface area contributed by atoms with E-state index in [1.807, 2.05) is 24.3 Å². The van der Waals surface area contributed by atoms with Gasteiger partial charge in [0.25, 0.3) is 5.78 Å². The van der Waals surface area contributed by atoms with Gasteiger partial charge < -0.3 is 5.11 Å². The number of carbonyl (C=O) groups excluding carboxylic acids is 2. The Hall–Kier alpha value is -3.91. The number of hydrogen-bond acceptors (Lipinski definition) is 5. The molecule has 0 saturated carbocycles. The number of anilines is 1. The Kier molecular flexibility index (Phi) is 5.68. The van der Waals surface area contributed by atoms with Crippen molar-refractivity contribution in [2.45, 2.75) is 25.8 Å². The van der Waals surface area contributed by atoms with E-state index >= 15 is 0 Å². The lowest BCUT2D eigenvalue weighted by atomic mass is 9.93. The van der Waals surface area contributed by atoms with Gasteiger partial charge in [0.15, 0.2) is 5.13 Å². The monoisotopic (exact) mass is 490 g/mol. The fourth-order valence-electron chi connectivity index (χ4n) is 4.16. The van der Waals surface area contributed by atoms with Crippen molar-refractivity contribution < 1.29 is 23.5 Å². The van der Waals surface area contributed by atoms with Crippen molar-refractivity contribution >= 4 is 44.1 Å². The lowest BCUT2D eigenvalue weighted by Crippen LogP contribution is -2.29. The number of carbonyl (C=O) groups is 2. The summed E-state index contributed by atoms with van der Waals surface area (Å²) in [7, 11) is 0. The molecular weight excluding hydrogens is 470 g/mol. The molecular formula is C27H20F2N2O3S. The predicted molar refractivity (Wildman–Crippen MR) is 131 cm³/mol. The summed E-state index contributed by atoms with van der Waals surface area (Å²) < 4.78 is 27.8. The van der Waals surface area contributed by atoms with Crippen molar-refractivity contribution in [3.63, 3.8) is 0 Å². The summed E-state index contributed by atoms with van der Waals surface area (Å²) >= 11 is 1.08. The molecule has 176 valence electrons. The molecule has 1 saturated heterocycles. The molecule has 1 amide bonds. The highest BCUT2D eigenvalue weighted by molar-refractivity contribution is 7.22. The maximum Gasteiger partial charge on any atom is 0.301 e. The van der Waals surface area contributed by atoms with Crippen LogP contribution in [0.25, 0.3) is 16.0 Å². The lowest BCUT2D eigenvalue weighted by molar-refractivity contribution is -0.132. The zero-order chi connectivity index (χ0) is 24.9. The molecule has 1 aliphatic heterocycles. The van der Waals surface area contributed by atoms with Gasteiger partial charge in [0.2, 0.25) is 0 Å². The number of benzene rings is 3. The summed E-state index contributed by atoms with van der Waals surface area (Å²) in [5, 5.41) is 11.3. The Morgan fingerprint density at radius 2 is 1.63 bits per heavy atom. The molecule has 8 heteroatoms. The molecule has 1 aromatic heterocycles. The summed E-state index contributed by atoms with van der Waals surface area (Å²) in [5.74, 6) is -2.80. The van der Waals surface area contributed by atoms with Gasteiger partial charge in [-0.2, -0.15) is 0 Å². The molecule has 1 N–H and O–H groups in total. The van der Waals surface area contributed by atoms with Crippen molar-refractivity contribution in [3.05, 3.63) is 101 Å². The molecule has 0 aliphatic carbocycles. The average Bonchev–Trinajstić information content (AvgIpc) is 3.37. The maximum atomic E-state index is 13.8. The highest BCUT2D eigenvalue weighted by Gasteiger charge is 2.48. The largest absolute Gasteiger partial charge is 0.507 e. The normalized spacial score (nSPS) is 17.6. The van der Waals surface area contributed by atoms with E-state index in [0.29, 0.717) is 15.8 Å². The highest BCUT2D eigenvalue weighted by Crippen LogP contribution is 2.44. The molecule has 1 fully saturated rings. The number of hydrogen-bond donors (Lipinski definition) is 1. The zero-order valence-electron chi connectivity index (χ0n) is 18.8. The molecule has 0 unspecified atom stereocenters. The first-order chi connectivity index (χ1) is 16.7. The van der Waals surface area contributed by atoms with Gasteiger partial charge in [0.1, 0.15) is 17.4 Å². The standard InChI is InChI=1S/C27H20F2N2O3S/c1-14(2)15-3-5-16(6-4-15)23-22(24(32)17-7-9-18(28)10-8-17)25(33)26(34)31(23)27-30-20-12-11-19(29)13-21(20)35-27/h3-14,23,32H,1-2H3/t23-/m1/s1. The van der Waals surface area contributed by atoms with Crippen LogP contribution in [0.4, 0.5) is 13.9 Å². The molecule has 0 spiro atoms. The summed E-state index contributed by atoms with van der Waals surface area (Å²) in [4.78, 5) is 32.2. The van der Waals surface area contributed by atoms with E-state index in [1.165, 1.54) is 47.4 Å². The second kappa shape index (κ2) is 8.70. The molecule has 5 rings (SSSR count). The van der Waals surface area contributed by atoms with Gasteiger partial charge in [0.05, 0.1) is 21.8 Å². The van der Waals surface area contributed by atoms with Crippen molar-refractivity contribution in [3.8, 4) is 0 Å². The van der Waals surface area contributed by atoms with Gasteiger partial charge in [0, 0.05) is 5.56 Å². The number of aliphatic hydroxyl groups excluding tert-OH is 1. The van der Waals surface area contributed by atoms with E-state index in [9.17, 15) is 23.5 Å². The summed E-state index contributed by atoms with van der Waals surface area (Å²) in [6.45, 7) is 4.10. The van der Waals surface area contributed by atoms with Crippen LogP contribution in [0, 0.1) is 11.6 Å². The van der Waals surface area contributed by atoms with E-state index in [4.69, 9.17) is 0 Å². The van der Waals surface area contributed by atoms with Crippen LogP contribution < -0.4 is 4.90 Å². The zero-order valence-corrected chi connectivity index (χ0v) is 19.6. The van der Waals surface area contributed by atoms with E-state index < -0.39 is 35.1 Å². The Morgan fingerprint density at radius 1 is 0.971 bits per heavy atom. The van der Waals surface area contributed by atoms with Gasteiger partial charge in [-0.15, -0.1) is 0 Å². The predicted octanol–water partition coefficient (Wildman–Crippen LogP) is 6.32. The van der Waals surface area contributed by atoms with E-state index in [1.54, 1.807) is 0 Å². The third-order valence-electron chi connectivity index (χ3n) is 6.03. The number of halogens is 2. The Bertz CT molecular complexity index is 1490. The fourth-order valence-corrected chi connectivity index (χ4v) is 5.18. The van der Waals surface area contributed by atoms with E-state index in [2.05, 4.69) is 18.8 Å². The van der Waals surface area contributed by atoms with E-state index in [-0.39, 0.29) is 22.2 Å². The Labute approximate surface area is 204 Å². The van der Waals surface area contributed by atoms with Crippen molar-refractivity contribution in [2.75, 3.05) is 4.90 Å². The smallest absolute Gasteiger partial charge is 0.301 e. The lowest BCUT2D eigenvalue weighted by Gasteiger charge is -2.23.